The average molecular weight is 1020 g/mol. The summed E-state index contributed by atoms with van der Waals surface area (Å²) in [6, 6.07) is 28.0. The Kier molecular flexibility index (Phi) is 21.5. The second kappa shape index (κ2) is 25.2. The molecule has 1 N–H and O–H groups in total. The van der Waals surface area contributed by atoms with E-state index in [0.29, 0.717) is 6.54 Å². The molecule has 0 saturated heterocycles. The van der Waals surface area contributed by atoms with Crippen molar-refractivity contribution in [3.63, 3.8) is 0 Å². The SMILES string of the molecule is CC(C)(C)Cc1nccc2cc(C(C)(C)C)ccc12.CC(C)(C)c1ccc2c(c1)CCN(C(C)(C)C)C2=O.CC(C)(C)c1ccc2c(c1)CNC2=O.CC(C)C.CC(C)C.Cc1nn(C)c2cc(C(C)(C)C)ccc12. The molecule has 4 heterocycles. The van der Waals surface area contributed by atoms with Gasteiger partial charge in [-0.3, -0.25) is 19.3 Å². The minimum absolute atomic E-state index is 0.0560. The molecule has 2 aliphatic heterocycles. The van der Waals surface area contributed by atoms with Crippen molar-refractivity contribution in [1.82, 2.24) is 25.0 Å². The number of hydrogen-bond donors (Lipinski definition) is 1. The second-order valence-corrected chi connectivity index (χ2v) is 28.6. The van der Waals surface area contributed by atoms with Crippen molar-refractivity contribution in [3.05, 3.63) is 141 Å². The number of aryl methyl sites for hydroxylation is 2. The predicted octanol–water partition coefficient (Wildman–Crippen LogP) is 17.6. The Morgan fingerprint density at radius 2 is 1.00 bits per heavy atom. The van der Waals surface area contributed by atoms with Crippen LogP contribution in [0.3, 0.4) is 0 Å². The Labute approximate surface area is 457 Å². The fourth-order valence-corrected chi connectivity index (χ4v) is 8.55. The highest BCUT2D eigenvalue weighted by molar-refractivity contribution is 5.98. The van der Waals surface area contributed by atoms with Crippen LogP contribution in [0, 0.1) is 24.2 Å². The van der Waals surface area contributed by atoms with Crippen LogP contribution in [0.25, 0.3) is 21.7 Å². The Balaban J connectivity index is 0.000000252. The average Bonchev–Trinajstić information content (AvgIpc) is 3.77. The maximum atomic E-state index is 12.6. The molecule has 8 rings (SSSR count). The molecule has 0 aliphatic carbocycles. The molecule has 0 bridgehead atoms. The predicted molar refractivity (Wildman–Crippen MR) is 325 cm³/mol. The van der Waals surface area contributed by atoms with Gasteiger partial charge in [0.05, 0.1) is 11.2 Å². The van der Waals surface area contributed by atoms with E-state index in [2.05, 4.69) is 249 Å². The molecular formula is C68H103N5O2. The van der Waals surface area contributed by atoms with E-state index in [0.717, 1.165) is 53.6 Å². The summed E-state index contributed by atoms with van der Waals surface area (Å²) in [5.74, 6) is 1.90. The molecule has 0 saturated carbocycles. The van der Waals surface area contributed by atoms with Gasteiger partial charge in [0.25, 0.3) is 11.8 Å². The van der Waals surface area contributed by atoms with E-state index < -0.39 is 0 Å². The number of carbonyl (C=O) groups excluding carboxylic acids is 2. The molecular weight excluding hydrogens is 919 g/mol. The number of benzene rings is 4. The minimum Gasteiger partial charge on any atom is -0.348 e. The first-order valence-corrected chi connectivity index (χ1v) is 27.8. The molecule has 0 atom stereocenters. The highest BCUT2D eigenvalue weighted by Crippen LogP contribution is 2.33. The Morgan fingerprint density at radius 3 is 1.48 bits per heavy atom. The number of rotatable bonds is 1. The first kappa shape index (κ1) is 64.0. The number of carbonyl (C=O) groups is 2. The van der Waals surface area contributed by atoms with E-state index in [4.69, 9.17) is 0 Å². The lowest BCUT2D eigenvalue weighted by atomic mass is 9.83. The highest BCUT2D eigenvalue weighted by atomic mass is 16.2. The first-order chi connectivity index (χ1) is 34.1. The minimum atomic E-state index is -0.0997. The third-order valence-electron chi connectivity index (χ3n) is 12.8. The van der Waals surface area contributed by atoms with Gasteiger partial charge in [-0.25, -0.2) is 0 Å². The van der Waals surface area contributed by atoms with Crippen molar-refractivity contribution in [1.29, 1.82) is 0 Å². The molecule has 0 spiro atoms. The molecule has 4 aromatic carbocycles. The summed E-state index contributed by atoms with van der Waals surface area (Å²) in [4.78, 5) is 30.4. The fraction of sp³-hybridized carbons (Fsp3) is 0.559. The van der Waals surface area contributed by atoms with Crippen molar-refractivity contribution in [3.8, 4) is 0 Å². The van der Waals surface area contributed by atoms with Crippen LogP contribution in [-0.2, 0) is 48.1 Å². The molecule has 0 unspecified atom stereocenters. The van der Waals surface area contributed by atoms with Crippen LogP contribution in [-0.4, -0.2) is 43.6 Å². The van der Waals surface area contributed by atoms with Gasteiger partial charge in [-0.1, -0.05) is 200 Å². The van der Waals surface area contributed by atoms with Crippen molar-refractivity contribution in [2.24, 2.45) is 24.3 Å². The number of hydrogen-bond acceptors (Lipinski definition) is 4. The Bertz CT molecular complexity index is 2820. The summed E-state index contributed by atoms with van der Waals surface area (Å²) in [7, 11) is 2.00. The van der Waals surface area contributed by atoms with Gasteiger partial charge in [0, 0.05) is 59.5 Å². The molecule has 7 heteroatoms. The van der Waals surface area contributed by atoms with Gasteiger partial charge >= 0.3 is 0 Å². The van der Waals surface area contributed by atoms with Crippen molar-refractivity contribution < 1.29 is 9.59 Å². The smallest absolute Gasteiger partial charge is 0.254 e. The van der Waals surface area contributed by atoms with Crippen LogP contribution in [0.4, 0.5) is 0 Å². The van der Waals surface area contributed by atoms with Crippen LogP contribution in [0.1, 0.15) is 232 Å². The van der Waals surface area contributed by atoms with Gasteiger partial charge in [-0.05, 0) is 142 Å². The van der Waals surface area contributed by atoms with E-state index in [1.165, 1.54) is 55.2 Å². The number of nitrogens with zero attached hydrogens (tertiary/aromatic N) is 4. The number of fused-ring (bicyclic) bond motifs is 4. The summed E-state index contributed by atoms with van der Waals surface area (Å²) in [5, 5.41) is 11.1. The van der Waals surface area contributed by atoms with E-state index in [9.17, 15) is 9.59 Å². The summed E-state index contributed by atoms with van der Waals surface area (Å²) in [6.07, 6.45) is 3.91. The lowest BCUT2D eigenvalue weighted by Gasteiger charge is -2.39. The van der Waals surface area contributed by atoms with Gasteiger partial charge in [0.1, 0.15) is 0 Å². The van der Waals surface area contributed by atoms with Crippen LogP contribution >= 0.6 is 0 Å². The van der Waals surface area contributed by atoms with Crippen LogP contribution in [0.2, 0.25) is 0 Å². The van der Waals surface area contributed by atoms with E-state index in [1.54, 1.807) is 0 Å². The van der Waals surface area contributed by atoms with Gasteiger partial charge in [-0.15, -0.1) is 0 Å². The van der Waals surface area contributed by atoms with Gasteiger partial charge in [0.2, 0.25) is 0 Å². The van der Waals surface area contributed by atoms with E-state index in [-0.39, 0.29) is 44.4 Å². The molecule has 6 aromatic rings. The van der Waals surface area contributed by atoms with Crippen molar-refractivity contribution in [2.75, 3.05) is 6.54 Å². The number of nitrogens with one attached hydrogen (secondary N) is 1. The zero-order chi connectivity index (χ0) is 57.4. The van der Waals surface area contributed by atoms with Gasteiger partial charge in [-0.2, -0.15) is 5.10 Å². The van der Waals surface area contributed by atoms with Crippen LogP contribution in [0.5, 0.6) is 0 Å². The molecule has 7 nitrogen and oxygen atoms in total. The monoisotopic (exact) mass is 1020 g/mol. The van der Waals surface area contributed by atoms with Crippen molar-refractivity contribution in [2.45, 2.75) is 220 Å². The number of aromatic nitrogens is 3. The molecule has 0 fully saturated rings. The van der Waals surface area contributed by atoms with Crippen LogP contribution < -0.4 is 5.32 Å². The maximum Gasteiger partial charge on any atom is 0.254 e. The molecule has 2 aromatic heterocycles. The summed E-state index contributed by atoms with van der Waals surface area (Å²) in [5.41, 5.74) is 13.8. The number of pyridine rings is 1. The maximum absolute atomic E-state index is 12.6. The first-order valence-electron chi connectivity index (χ1n) is 27.8. The molecule has 75 heavy (non-hydrogen) atoms. The fourth-order valence-electron chi connectivity index (χ4n) is 8.55. The molecule has 412 valence electrons. The topological polar surface area (TPSA) is 80.1 Å². The lowest BCUT2D eigenvalue weighted by Crippen LogP contribution is -2.49. The summed E-state index contributed by atoms with van der Waals surface area (Å²) >= 11 is 0. The summed E-state index contributed by atoms with van der Waals surface area (Å²) in [6.45, 7) is 56.3. The Hall–Kier alpha value is -5.30. The van der Waals surface area contributed by atoms with E-state index in [1.807, 2.05) is 41.0 Å². The molecule has 2 amide bonds. The quantitative estimate of drug-likeness (QED) is 0.178. The standard InChI is InChI=1S/C18H25N.C17H25NO.C13H18N2.C12H15NO.2C4H10/c1-17(2,3)12-16-15-8-7-14(18(4,5)6)11-13(15)9-10-19-16;1-16(2,3)13-7-8-14-12(11-13)9-10-18(15(14)19)17(4,5)6;1-9-11-7-6-10(13(2,3)4)8-12(11)15(5)14-9;1-12(2,3)9-4-5-10-8(6-9)7-13-11(10)14;2*1-4(2)3/h7-11H,12H2,1-6H3;7-8,11H,9-10H2,1-6H3;6-8H,1-5H3;4-6H,7H2,1-3H3,(H,13,14);2*4H,1-3H3. The summed E-state index contributed by atoms with van der Waals surface area (Å²) < 4.78 is 1.96. The molecule has 2 aliphatic rings. The zero-order valence-corrected chi connectivity index (χ0v) is 52.2. The normalized spacial score (nSPS) is 13.7. The van der Waals surface area contributed by atoms with Crippen LogP contribution in [0.15, 0.2) is 85.1 Å². The largest absolute Gasteiger partial charge is 0.348 e. The second-order valence-electron chi connectivity index (χ2n) is 28.6. The third-order valence-corrected chi connectivity index (χ3v) is 12.8. The zero-order valence-electron chi connectivity index (χ0n) is 52.2. The highest BCUT2D eigenvalue weighted by Gasteiger charge is 2.32. The Morgan fingerprint density at radius 1 is 0.560 bits per heavy atom. The van der Waals surface area contributed by atoms with E-state index >= 15 is 0 Å². The number of amides is 2. The van der Waals surface area contributed by atoms with Gasteiger partial charge < -0.3 is 10.2 Å². The lowest BCUT2D eigenvalue weighted by molar-refractivity contribution is 0.0561. The van der Waals surface area contributed by atoms with Gasteiger partial charge in [0.15, 0.2) is 0 Å². The van der Waals surface area contributed by atoms with Crippen molar-refractivity contribution >= 4 is 33.5 Å². The third kappa shape index (κ3) is 19.3. The molecule has 0 radical (unpaired) electrons.